The molecule has 6 nitrogen and oxygen atoms in total. The highest BCUT2D eigenvalue weighted by Gasteiger charge is 2.22. The summed E-state index contributed by atoms with van der Waals surface area (Å²) < 4.78 is 30.0. The molecule has 0 saturated carbocycles. The van der Waals surface area contributed by atoms with E-state index >= 15 is 0 Å². The molecule has 0 bridgehead atoms. The number of amides is 1. The van der Waals surface area contributed by atoms with E-state index in [4.69, 9.17) is 14.2 Å². The molecule has 36 heavy (non-hydrogen) atoms. The number of hydrogen-bond acceptors (Lipinski definition) is 5. The number of rotatable bonds is 9. The lowest BCUT2D eigenvalue weighted by atomic mass is 9.99. The average molecular weight is 493 g/mol. The largest absolute Gasteiger partial charge is 0.493 e. The summed E-state index contributed by atoms with van der Waals surface area (Å²) in [5.74, 6) is 1.63. The van der Waals surface area contributed by atoms with Gasteiger partial charge in [-0.05, 0) is 52.9 Å². The molecule has 0 aliphatic carbocycles. The van der Waals surface area contributed by atoms with E-state index in [2.05, 4.69) is 11.0 Å². The number of ether oxygens (including phenoxy) is 3. The van der Waals surface area contributed by atoms with Crippen LogP contribution < -0.4 is 14.2 Å². The number of aryl methyl sites for hydroxylation is 1. The van der Waals surface area contributed by atoms with Gasteiger partial charge in [0.2, 0.25) is 11.7 Å². The minimum absolute atomic E-state index is 0.142. The summed E-state index contributed by atoms with van der Waals surface area (Å²) in [6.45, 7) is 3.74. The molecular weight excluding hydrogens is 459 g/mol. The Morgan fingerprint density at radius 3 is 2.19 bits per heavy atom. The lowest BCUT2D eigenvalue weighted by Gasteiger charge is -2.35. The number of piperazine rings is 1. The molecule has 0 unspecified atom stereocenters. The first-order valence-corrected chi connectivity index (χ1v) is 12.1. The maximum atomic E-state index is 13.8. The van der Waals surface area contributed by atoms with Gasteiger partial charge in [0.1, 0.15) is 5.82 Å². The van der Waals surface area contributed by atoms with Crippen molar-refractivity contribution in [3.63, 3.8) is 0 Å². The molecule has 4 rings (SSSR count). The van der Waals surface area contributed by atoms with Gasteiger partial charge in [-0.3, -0.25) is 9.69 Å². The SMILES string of the molecule is COc1cc(CCC(=O)N2CCN(Cc3ccccc3-c3cccc(F)c3)CC2)cc(OC)c1OC. The van der Waals surface area contributed by atoms with Crippen LogP contribution >= 0.6 is 0 Å². The number of methoxy groups -OCH3 is 3. The van der Waals surface area contributed by atoms with Crippen LogP contribution in [0.3, 0.4) is 0 Å². The zero-order valence-corrected chi connectivity index (χ0v) is 21.1. The molecule has 1 heterocycles. The summed E-state index contributed by atoms with van der Waals surface area (Å²) in [5, 5.41) is 0. The maximum absolute atomic E-state index is 13.8. The minimum Gasteiger partial charge on any atom is -0.493 e. The lowest BCUT2D eigenvalue weighted by molar-refractivity contribution is -0.133. The normalized spacial score (nSPS) is 13.9. The number of halogens is 1. The number of benzene rings is 3. The van der Waals surface area contributed by atoms with Gasteiger partial charge in [0.15, 0.2) is 11.5 Å². The molecule has 1 amide bonds. The van der Waals surface area contributed by atoms with Gasteiger partial charge in [0, 0.05) is 39.1 Å². The summed E-state index contributed by atoms with van der Waals surface area (Å²) >= 11 is 0. The van der Waals surface area contributed by atoms with E-state index in [9.17, 15) is 9.18 Å². The maximum Gasteiger partial charge on any atom is 0.222 e. The van der Waals surface area contributed by atoms with Crippen LogP contribution in [0.2, 0.25) is 0 Å². The third kappa shape index (κ3) is 5.97. The van der Waals surface area contributed by atoms with Crippen molar-refractivity contribution in [2.24, 2.45) is 0 Å². The Labute approximate surface area is 212 Å². The molecule has 0 aromatic heterocycles. The molecule has 3 aromatic rings. The first-order chi connectivity index (χ1) is 17.5. The van der Waals surface area contributed by atoms with Crippen molar-refractivity contribution in [2.75, 3.05) is 47.5 Å². The van der Waals surface area contributed by atoms with E-state index in [-0.39, 0.29) is 11.7 Å². The number of carbonyl (C=O) groups is 1. The first kappa shape index (κ1) is 25.5. The Kier molecular flexibility index (Phi) is 8.44. The van der Waals surface area contributed by atoms with Crippen molar-refractivity contribution in [3.05, 3.63) is 77.6 Å². The number of hydrogen-bond donors (Lipinski definition) is 0. The van der Waals surface area contributed by atoms with E-state index in [1.807, 2.05) is 41.3 Å². The van der Waals surface area contributed by atoms with Crippen molar-refractivity contribution >= 4 is 5.91 Å². The van der Waals surface area contributed by atoms with Gasteiger partial charge < -0.3 is 19.1 Å². The topological polar surface area (TPSA) is 51.2 Å². The molecule has 190 valence electrons. The van der Waals surface area contributed by atoms with E-state index in [0.717, 1.165) is 41.9 Å². The third-order valence-corrected chi connectivity index (χ3v) is 6.62. The lowest BCUT2D eigenvalue weighted by Crippen LogP contribution is -2.48. The molecule has 1 fully saturated rings. The molecular formula is C29H33FN2O4. The van der Waals surface area contributed by atoms with Crippen LogP contribution in [0.25, 0.3) is 11.1 Å². The van der Waals surface area contributed by atoms with Crippen molar-refractivity contribution < 1.29 is 23.4 Å². The Morgan fingerprint density at radius 2 is 1.56 bits per heavy atom. The third-order valence-electron chi connectivity index (χ3n) is 6.62. The van der Waals surface area contributed by atoms with E-state index in [0.29, 0.717) is 43.2 Å². The van der Waals surface area contributed by atoms with Crippen LogP contribution in [-0.4, -0.2) is 63.2 Å². The van der Waals surface area contributed by atoms with Gasteiger partial charge in [-0.25, -0.2) is 4.39 Å². The molecule has 1 aliphatic heterocycles. The van der Waals surface area contributed by atoms with Crippen LogP contribution in [0.1, 0.15) is 17.5 Å². The van der Waals surface area contributed by atoms with E-state index in [1.165, 1.54) is 6.07 Å². The van der Waals surface area contributed by atoms with Gasteiger partial charge in [-0.1, -0.05) is 36.4 Å². The van der Waals surface area contributed by atoms with Crippen LogP contribution in [0.4, 0.5) is 4.39 Å². The van der Waals surface area contributed by atoms with Crippen molar-refractivity contribution in [3.8, 4) is 28.4 Å². The summed E-state index contributed by atoms with van der Waals surface area (Å²) in [6.07, 6.45) is 1.01. The minimum atomic E-state index is -0.235. The second kappa shape index (κ2) is 11.9. The summed E-state index contributed by atoms with van der Waals surface area (Å²) in [5.41, 5.74) is 4.04. The quantitative estimate of drug-likeness (QED) is 0.430. The Balaban J connectivity index is 1.33. The van der Waals surface area contributed by atoms with Gasteiger partial charge in [0.05, 0.1) is 21.3 Å². The highest BCUT2D eigenvalue weighted by molar-refractivity contribution is 5.76. The number of carbonyl (C=O) groups excluding carboxylic acids is 1. The van der Waals surface area contributed by atoms with Crippen molar-refractivity contribution in [2.45, 2.75) is 19.4 Å². The molecule has 7 heteroatoms. The second-order valence-corrected chi connectivity index (χ2v) is 8.86. The summed E-state index contributed by atoms with van der Waals surface area (Å²) in [4.78, 5) is 17.2. The fourth-order valence-electron chi connectivity index (χ4n) is 4.68. The zero-order valence-electron chi connectivity index (χ0n) is 21.1. The molecule has 0 N–H and O–H groups in total. The smallest absolute Gasteiger partial charge is 0.222 e. The Bertz CT molecular complexity index is 1170. The van der Waals surface area contributed by atoms with Gasteiger partial charge >= 0.3 is 0 Å². The van der Waals surface area contributed by atoms with Gasteiger partial charge in [-0.2, -0.15) is 0 Å². The Hall–Kier alpha value is -3.58. The summed E-state index contributed by atoms with van der Waals surface area (Å²) in [7, 11) is 4.74. The first-order valence-electron chi connectivity index (χ1n) is 12.1. The van der Waals surface area contributed by atoms with Crippen LogP contribution in [0.5, 0.6) is 17.2 Å². The fraction of sp³-hybridized carbons (Fsp3) is 0.345. The monoisotopic (exact) mass is 492 g/mol. The van der Waals surface area contributed by atoms with Crippen LogP contribution in [0, 0.1) is 5.82 Å². The highest BCUT2D eigenvalue weighted by Crippen LogP contribution is 2.38. The second-order valence-electron chi connectivity index (χ2n) is 8.86. The molecule has 1 aliphatic rings. The predicted molar refractivity (Wildman–Crippen MR) is 138 cm³/mol. The molecule has 0 radical (unpaired) electrons. The summed E-state index contributed by atoms with van der Waals surface area (Å²) in [6, 6.07) is 18.6. The molecule has 0 spiro atoms. The van der Waals surface area contributed by atoms with E-state index in [1.54, 1.807) is 33.5 Å². The van der Waals surface area contributed by atoms with Crippen molar-refractivity contribution in [1.82, 2.24) is 9.80 Å². The molecule has 1 saturated heterocycles. The molecule has 0 atom stereocenters. The van der Waals surface area contributed by atoms with Crippen LogP contribution in [-0.2, 0) is 17.8 Å². The standard InChI is InChI=1S/C29H33FN2O4/c1-34-26-17-21(18-27(35-2)29(26)36-3)11-12-28(33)32-15-13-31(14-16-32)20-23-7-4-5-10-25(23)22-8-6-9-24(30)19-22/h4-10,17-19H,11-16,20H2,1-3H3. The molecule has 3 aromatic carbocycles. The fourth-order valence-corrected chi connectivity index (χ4v) is 4.68. The predicted octanol–water partition coefficient (Wildman–Crippen LogP) is 4.80. The van der Waals surface area contributed by atoms with Crippen LogP contribution in [0.15, 0.2) is 60.7 Å². The number of nitrogens with zero attached hydrogens (tertiary/aromatic N) is 2. The highest BCUT2D eigenvalue weighted by atomic mass is 19.1. The van der Waals surface area contributed by atoms with Gasteiger partial charge in [-0.15, -0.1) is 0 Å². The zero-order chi connectivity index (χ0) is 25.5. The van der Waals surface area contributed by atoms with Crippen molar-refractivity contribution in [1.29, 1.82) is 0 Å². The van der Waals surface area contributed by atoms with Gasteiger partial charge in [0.25, 0.3) is 0 Å². The van der Waals surface area contributed by atoms with E-state index < -0.39 is 0 Å². The average Bonchev–Trinajstić information content (AvgIpc) is 2.91. The Morgan fingerprint density at radius 1 is 0.861 bits per heavy atom.